The smallest absolute Gasteiger partial charge is 0.229 e. The lowest BCUT2D eigenvalue weighted by molar-refractivity contribution is -0.137. The fourth-order valence-corrected chi connectivity index (χ4v) is 3.31. The molecule has 1 N–H and O–H groups in total. The van der Waals surface area contributed by atoms with Crippen LogP contribution in [0.2, 0.25) is 0 Å². The highest BCUT2D eigenvalue weighted by molar-refractivity contribution is 5.80. The maximum absolute atomic E-state index is 12.7. The summed E-state index contributed by atoms with van der Waals surface area (Å²) in [6.07, 6.45) is 3.80. The van der Waals surface area contributed by atoms with Gasteiger partial charge in [-0.3, -0.25) is 9.69 Å². The van der Waals surface area contributed by atoms with Crippen molar-refractivity contribution in [2.75, 3.05) is 45.9 Å². The zero-order valence-corrected chi connectivity index (χ0v) is 12.5. The van der Waals surface area contributed by atoms with Crippen molar-refractivity contribution in [3.05, 3.63) is 0 Å². The Kier molecular flexibility index (Phi) is 4.58. The minimum atomic E-state index is 0.0222. The molecule has 1 amide bonds. The van der Waals surface area contributed by atoms with Crippen molar-refractivity contribution in [2.45, 2.75) is 38.3 Å². The summed E-state index contributed by atoms with van der Waals surface area (Å²) in [7, 11) is 0. The molecule has 2 heterocycles. The van der Waals surface area contributed by atoms with E-state index in [1.165, 1.54) is 12.8 Å². The highest BCUT2D eigenvalue weighted by Crippen LogP contribution is 2.28. The van der Waals surface area contributed by atoms with Gasteiger partial charge in [-0.25, -0.2) is 0 Å². The number of amides is 1. The summed E-state index contributed by atoms with van der Waals surface area (Å²) >= 11 is 0. The van der Waals surface area contributed by atoms with E-state index in [1.807, 2.05) is 0 Å². The van der Waals surface area contributed by atoms with Crippen molar-refractivity contribution in [3.8, 4) is 0 Å². The molecule has 20 heavy (non-hydrogen) atoms. The van der Waals surface area contributed by atoms with Crippen molar-refractivity contribution < 1.29 is 9.53 Å². The Labute approximate surface area is 121 Å². The molecular weight excluding hydrogens is 254 g/mol. The van der Waals surface area contributed by atoms with Crippen molar-refractivity contribution >= 4 is 5.91 Å². The Morgan fingerprint density at radius 2 is 1.95 bits per heavy atom. The Morgan fingerprint density at radius 1 is 1.20 bits per heavy atom. The van der Waals surface area contributed by atoms with Gasteiger partial charge < -0.3 is 15.0 Å². The lowest BCUT2D eigenvalue weighted by Crippen LogP contribution is -2.53. The summed E-state index contributed by atoms with van der Waals surface area (Å²) < 4.78 is 5.53. The molecule has 0 radical (unpaired) electrons. The molecule has 0 spiro atoms. The van der Waals surface area contributed by atoms with Gasteiger partial charge in [0.15, 0.2) is 0 Å². The molecule has 3 fully saturated rings. The van der Waals surface area contributed by atoms with Crippen LogP contribution < -0.4 is 5.32 Å². The molecule has 5 nitrogen and oxygen atoms in total. The summed E-state index contributed by atoms with van der Waals surface area (Å²) in [5.41, 5.74) is 0. The minimum Gasteiger partial charge on any atom is -0.379 e. The number of hydrogen-bond donors (Lipinski definition) is 1. The van der Waals surface area contributed by atoms with Gasteiger partial charge in [-0.1, -0.05) is 6.92 Å². The summed E-state index contributed by atoms with van der Waals surface area (Å²) in [5, 5.41) is 3.46. The molecule has 5 heteroatoms. The Balaban J connectivity index is 1.50. The third-order valence-electron chi connectivity index (χ3n) is 4.74. The van der Waals surface area contributed by atoms with Crippen molar-refractivity contribution in [2.24, 2.45) is 5.92 Å². The first-order valence-electron chi connectivity index (χ1n) is 8.13. The molecule has 0 aromatic heterocycles. The number of carbonyl (C=O) groups excluding carboxylic acids is 1. The second-order valence-electron chi connectivity index (χ2n) is 6.30. The zero-order valence-electron chi connectivity index (χ0n) is 12.5. The lowest BCUT2D eigenvalue weighted by Gasteiger charge is -2.36. The van der Waals surface area contributed by atoms with E-state index in [-0.39, 0.29) is 12.0 Å². The van der Waals surface area contributed by atoms with E-state index >= 15 is 0 Å². The van der Waals surface area contributed by atoms with E-state index in [0.29, 0.717) is 19.1 Å². The van der Waals surface area contributed by atoms with Gasteiger partial charge in [0.1, 0.15) is 0 Å². The Morgan fingerprint density at radius 3 is 2.60 bits per heavy atom. The average Bonchev–Trinajstić information content (AvgIpc) is 3.23. The van der Waals surface area contributed by atoms with Crippen LogP contribution in [0.1, 0.15) is 26.2 Å². The largest absolute Gasteiger partial charge is 0.379 e. The molecule has 0 bridgehead atoms. The van der Waals surface area contributed by atoms with Crippen molar-refractivity contribution in [3.63, 3.8) is 0 Å². The van der Waals surface area contributed by atoms with Gasteiger partial charge in [-0.15, -0.1) is 0 Å². The number of piperazine rings is 1. The monoisotopic (exact) mass is 281 g/mol. The molecule has 2 atom stereocenters. The van der Waals surface area contributed by atoms with E-state index in [1.54, 1.807) is 0 Å². The highest BCUT2D eigenvalue weighted by atomic mass is 16.5. The van der Waals surface area contributed by atoms with E-state index < -0.39 is 0 Å². The Hall–Kier alpha value is -0.650. The van der Waals surface area contributed by atoms with Gasteiger partial charge >= 0.3 is 0 Å². The maximum atomic E-state index is 12.7. The molecule has 2 unspecified atom stereocenters. The van der Waals surface area contributed by atoms with Gasteiger partial charge in [0.05, 0.1) is 19.1 Å². The standard InChI is InChI=1S/C15H27N3O2/c1-2-5-16-14-11-20-10-13(14)15(19)18-8-6-17(7-9-18)12-3-4-12/h12-14,16H,2-11H2,1H3. The van der Waals surface area contributed by atoms with Gasteiger partial charge in [0.2, 0.25) is 5.91 Å². The van der Waals surface area contributed by atoms with Crippen LogP contribution in [0.15, 0.2) is 0 Å². The third kappa shape index (κ3) is 3.15. The summed E-state index contributed by atoms with van der Waals surface area (Å²) in [6.45, 7) is 8.28. The first kappa shape index (κ1) is 14.3. The molecule has 114 valence electrons. The van der Waals surface area contributed by atoms with Gasteiger partial charge in [0.25, 0.3) is 0 Å². The molecule has 1 aliphatic carbocycles. The highest BCUT2D eigenvalue weighted by Gasteiger charge is 2.38. The van der Waals surface area contributed by atoms with E-state index in [9.17, 15) is 4.79 Å². The summed E-state index contributed by atoms with van der Waals surface area (Å²) in [5.74, 6) is 0.320. The number of carbonyl (C=O) groups is 1. The molecule has 0 aromatic carbocycles. The van der Waals surface area contributed by atoms with Gasteiger partial charge in [-0.2, -0.15) is 0 Å². The SMILES string of the molecule is CCCNC1COCC1C(=O)N1CCN(C2CC2)CC1. The maximum Gasteiger partial charge on any atom is 0.229 e. The topological polar surface area (TPSA) is 44.8 Å². The number of ether oxygens (including phenoxy) is 1. The third-order valence-corrected chi connectivity index (χ3v) is 4.74. The molecule has 3 aliphatic rings. The van der Waals surface area contributed by atoms with Crippen LogP contribution in [0.5, 0.6) is 0 Å². The fourth-order valence-electron chi connectivity index (χ4n) is 3.31. The van der Waals surface area contributed by atoms with Crippen LogP contribution >= 0.6 is 0 Å². The van der Waals surface area contributed by atoms with Crippen LogP contribution in [0.3, 0.4) is 0 Å². The summed E-state index contributed by atoms with van der Waals surface area (Å²) in [4.78, 5) is 17.3. The quantitative estimate of drug-likeness (QED) is 0.788. The first-order chi connectivity index (χ1) is 9.79. The predicted octanol–water partition coefficient (Wildman–Crippen LogP) is 0.308. The first-order valence-corrected chi connectivity index (χ1v) is 8.13. The van der Waals surface area contributed by atoms with E-state index in [0.717, 1.165) is 45.2 Å². The van der Waals surface area contributed by atoms with Crippen LogP contribution in [-0.2, 0) is 9.53 Å². The second kappa shape index (κ2) is 6.41. The number of hydrogen-bond acceptors (Lipinski definition) is 4. The molecular formula is C15H27N3O2. The molecule has 1 saturated carbocycles. The van der Waals surface area contributed by atoms with Crippen molar-refractivity contribution in [1.82, 2.24) is 15.1 Å². The molecule has 2 saturated heterocycles. The molecule has 2 aliphatic heterocycles. The average molecular weight is 281 g/mol. The van der Waals surface area contributed by atoms with Crippen molar-refractivity contribution in [1.29, 1.82) is 0 Å². The molecule has 0 aromatic rings. The lowest BCUT2D eigenvalue weighted by atomic mass is 10.0. The van der Waals surface area contributed by atoms with Gasteiger partial charge in [-0.05, 0) is 25.8 Å². The second-order valence-corrected chi connectivity index (χ2v) is 6.30. The van der Waals surface area contributed by atoms with Crippen LogP contribution in [0.4, 0.5) is 0 Å². The minimum absolute atomic E-state index is 0.0222. The van der Waals surface area contributed by atoms with Gasteiger partial charge in [0, 0.05) is 38.3 Å². The number of nitrogens with zero attached hydrogens (tertiary/aromatic N) is 2. The van der Waals surface area contributed by atoms with Crippen LogP contribution in [-0.4, -0.2) is 73.7 Å². The van der Waals surface area contributed by atoms with Crippen LogP contribution in [0, 0.1) is 5.92 Å². The Bertz CT molecular complexity index is 338. The summed E-state index contributed by atoms with van der Waals surface area (Å²) in [6, 6.07) is 1.03. The predicted molar refractivity (Wildman–Crippen MR) is 77.6 cm³/mol. The van der Waals surface area contributed by atoms with Crippen LogP contribution in [0.25, 0.3) is 0 Å². The fraction of sp³-hybridized carbons (Fsp3) is 0.933. The number of rotatable bonds is 5. The van der Waals surface area contributed by atoms with E-state index in [4.69, 9.17) is 4.74 Å². The zero-order chi connectivity index (χ0) is 13.9. The van der Waals surface area contributed by atoms with E-state index in [2.05, 4.69) is 22.0 Å². The molecule has 3 rings (SSSR count). The number of nitrogens with one attached hydrogen (secondary N) is 1. The normalized spacial score (nSPS) is 31.8.